The van der Waals surface area contributed by atoms with E-state index in [4.69, 9.17) is 0 Å². The topological polar surface area (TPSA) is 33.2 Å². The first kappa shape index (κ1) is 14.2. The first-order chi connectivity index (χ1) is 7.95. The third kappa shape index (κ3) is 3.80. The third-order valence-corrected chi connectivity index (χ3v) is 3.80. The molecule has 0 aliphatic carbocycles. The van der Waals surface area contributed by atoms with Crippen molar-refractivity contribution in [3.8, 4) is 0 Å². The fourth-order valence-corrected chi connectivity index (χ4v) is 2.56. The van der Waals surface area contributed by atoms with Crippen LogP contribution in [0, 0.1) is 5.92 Å². The highest BCUT2D eigenvalue weighted by Gasteiger charge is 2.15. The molecule has 0 radical (unpaired) electrons. The molecule has 0 amide bonds. The minimum atomic E-state index is 0.304. The van der Waals surface area contributed by atoms with Gasteiger partial charge in [-0.25, -0.2) is 4.98 Å². The summed E-state index contributed by atoms with van der Waals surface area (Å²) in [7, 11) is 2.04. The average Bonchev–Trinajstić information content (AvgIpc) is 2.69. The van der Waals surface area contributed by atoms with Crippen molar-refractivity contribution in [3.05, 3.63) is 10.6 Å². The summed E-state index contributed by atoms with van der Waals surface area (Å²) < 4.78 is 0. The molecule has 0 unspecified atom stereocenters. The molecule has 0 spiro atoms. The van der Waals surface area contributed by atoms with Crippen molar-refractivity contribution < 1.29 is 4.79 Å². The predicted octanol–water partition coefficient (Wildman–Crippen LogP) is 3.56. The normalized spacial score (nSPS) is 11.2. The molecule has 4 heteroatoms. The Morgan fingerprint density at radius 3 is 2.41 bits per heavy atom. The fourth-order valence-electron chi connectivity index (χ4n) is 1.54. The summed E-state index contributed by atoms with van der Waals surface area (Å²) in [6, 6.07) is 0. The first-order valence-electron chi connectivity index (χ1n) is 6.12. The Morgan fingerprint density at radius 2 is 2.00 bits per heavy atom. The van der Waals surface area contributed by atoms with Crippen molar-refractivity contribution in [2.75, 3.05) is 18.5 Å². The number of hydrogen-bond donors (Lipinski definition) is 0. The Kier molecular flexibility index (Phi) is 5.12. The maximum Gasteiger partial charge on any atom is 0.185 e. The van der Waals surface area contributed by atoms with Crippen LogP contribution in [0.15, 0.2) is 0 Å². The Morgan fingerprint density at radius 1 is 1.35 bits per heavy atom. The van der Waals surface area contributed by atoms with Gasteiger partial charge in [0.05, 0.1) is 10.6 Å². The summed E-state index contributed by atoms with van der Waals surface area (Å²) in [4.78, 5) is 18.5. The van der Waals surface area contributed by atoms with Gasteiger partial charge < -0.3 is 4.90 Å². The van der Waals surface area contributed by atoms with Gasteiger partial charge in [-0.05, 0) is 18.3 Å². The molecule has 0 aliphatic rings. The van der Waals surface area contributed by atoms with Gasteiger partial charge in [-0.3, -0.25) is 4.79 Å². The van der Waals surface area contributed by atoms with Crippen molar-refractivity contribution in [1.82, 2.24) is 4.98 Å². The SMILES string of the molecule is CC(C)CCN(C)c1nc(C(C)C)c(C=O)s1. The number of nitrogens with zero attached hydrogens (tertiary/aromatic N) is 2. The summed E-state index contributed by atoms with van der Waals surface area (Å²) in [5.74, 6) is 0.992. The monoisotopic (exact) mass is 254 g/mol. The molecule has 1 aromatic rings. The van der Waals surface area contributed by atoms with Crippen LogP contribution < -0.4 is 4.90 Å². The summed E-state index contributed by atoms with van der Waals surface area (Å²) in [6.07, 6.45) is 2.07. The molecule has 96 valence electrons. The Bertz CT molecular complexity index is 371. The van der Waals surface area contributed by atoms with E-state index in [1.807, 2.05) is 7.05 Å². The lowest BCUT2D eigenvalue weighted by Gasteiger charge is -2.16. The Hall–Kier alpha value is -0.900. The van der Waals surface area contributed by atoms with E-state index in [1.54, 1.807) is 0 Å². The van der Waals surface area contributed by atoms with Crippen molar-refractivity contribution in [1.29, 1.82) is 0 Å². The van der Waals surface area contributed by atoms with Gasteiger partial charge in [-0.15, -0.1) is 0 Å². The highest BCUT2D eigenvalue weighted by Crippen LogP contribution is 2.29. The first-order valence-corrected chi connectivity index (χ1v) is 6.94. The van der Waals surface area contributed by atoms with E-state index in [9.17, 15) is 4.79 Å². The number of aldehydes is 1. The largest absolute Gasteiger partial charge is 0.351 e. The molecule has 3 nitrogen and oxygen atoms in total. The molecule has 0 saturated carbocycles. The molecular formula is C13H22N2OS. The molecule has 0 fully saturated rings. The van der Waals surface area contributed by atoms with Crippen LogP contribution in [0.5, 0.6) is 0 Å². The molecule has 0 aliphatic heterocycles. The zero-order valence-electron chi connectivity index (χ0n) is 11.4. The van der Waals surface area contributed by atoms with E-state index in [0.29, 0.717) is 11.8 Å². The molecular weight excluding hydrogens is 232 g/mol. The van der Waals surface area contributed by atoms with E-state index in [2.05, 4.69) is 37.6 Å². The van der Waals surface area contributed by atoms with E-state index in [1.165, 1.54) is 11.3 Å². The van der Waals surface area contributed by atoms with Crippen LogP contribution in [0.2, 0.25) is 0 Å². The van der Waals surface area contributed by atoms with Crippen LogP contribution in [-0.4, -0.2) is 24.9 Å². The second-order valence-corrected chi connectivity index (χ2v) is 6.13. The summed E-state index contributed by atoms with van der Waals surface area (Å²) in [5.41, 5.74) is 0.927. The molecule has 0 aromatic carbocycles. The lowest BCUT2D eigenvalue weighted by atomic mass is 10.1. The number of hydrogen-bond acceptors (Lipinski definition) is 4. The van der Waals surface area contributed by atoms with Gasteiger partial charge in [0.25, 0.3) is 0 Å². The maximum atomic E-state index is 11.0. The van der Waals surface area contributed by atoms with Crippen LogP contribution in [0.25, 0.3) is 0 Å². The third-order valence-electron chi connectivity index (χ3n) is 2.69. The maximum absolute atomic E-state index is 11.0. The highest BCUT2D eigenvalue weighted by molar-refractivity contribution is 7.17. The standard InChI is InChI=1S/C13H22N2OS/c1-9(2)6-7-15(5)13-14-12(10(3)4)11(8-16)17-13/h8-10H,6-7H2,1-5H3. The summed E-state index contributed by atoms with van der Waals surface area (Å²) >= 11 is 1.49. The van der Waals surface area contributed by atoms with Gasteiger partial charge in [0.2, 0.25) is 0 Å². The fraction of sp³-hybridized carbons (Fsp3) is 0.692. The van der Waals surface area contributed by atoms with Gasteiger partial charge >= 0.3 is 0 Å². The zero-order valence-corrected chi connectivity index (χ0v) is 12.2. The summed E-state index contributed by atoms with van der Waals surface area (Å²) in [6.45, 7) is 9.55. The quantitative estimate of drug-likeness (QED) is 0.728. The number of carbonyl (C=O) groups excluding carboxylic acids is 1. The van der Waals surface area contributed by atoms with Crippen molar-refractivity contribution in [3.63, 3.8) is 0 Å². The van der Waals surface area contributed by atoms with Crippen LogP contribution >= 0.6 is 11.3 Å². The van der Waals surface area contributed by atoms with Crippen molar-refractivity contribution in [2.45, 2.75) is 40.0 Å². The predicted molar refractivity (Wildman–Crippen MR) is 74.3 cm³/mol. The lowest BCUT2D eigenvalue weighted by molar-refractivity contribution is 0.112. The zero-order chi connectivity index (χ0) is 13.0. The molecule has 0 N–H and O–H groups in total. The number of carbonyl (C=O) groups is 1. The van der Waals surface area contributed by atoms with Gasteiger partial charge in [0.1, 0.15) is 0 Å². The smallest absolute Gasteiger partial charge is 0.185 e. The molecule has 1 aromatic heterocycles. The van der Waals surface area contributed by atoms with Crippen molar-refractivity contribution >= 4 is 22.8 Å². The lowest BCUT2D eigenvalue weighted by Crippen LogP contribution is -2.19. The van der Waals surface area contributed by atoms with Crippen LogP contribution in [0.4, 0.5) is 5.13 Å². The number of anilines is 1. The minimum absolute atomic E-state index is 0.304. The van der Waals surface area contributed by atoms with Crippen molar-refractivity contribution in [2.24, 2.45) is 5.92 Å². The van der Waals surface area contributed by atoms with Crippen LogP contribution in [-0.2, 0) is 0 Å². The van der Waals surface area contributed by atoms with E-state index in [0.717, 1.165) is 35.0 Å². The van der Waals surface area contributed by atoms with Gasteiger partial charge in [0.15, 0.2) is 11.4 Å². The molecule has 0 saturated heterocycles. The second kappa shape index (κ2) is 6.15. The van der Waals surface area contributed by atoms with Gasteiger partial charge in [-0.1, -0.05) is 39.0 Å². The van der Waals surface area contributed by atoms with Crippen LogP contribution in [0.3, 0.4) is 0 Å². The number of aromatic nitrogens is 1. The minimum Gasteiger partial charge on any atom is -0.351 e. The molecule has 0 bridgehead atoms. The Labute approximate surface area is 108 Å². The van der Waals surface area contributed by atoms with E-state index < -0.39 is 0 Å². The number of rotatable bonds is 6. The average molecular weight is 254 g/mol. The molecule has 17 heavy (non-hydrogen) atoms. The highest BCUT2D eigenvalue weighted by atomic mass is 32.1. The van der Waals surface area contributed by atoms with E-state index >= 15 is 0 Å². The molecule has 1 heterocycles. The molecule has 0 atom stereocenters. The second-order valence-electron chi connectivity index (χ2n) is 5.12. The summed E-state index contributed by atoms with van der Waals surface area (Å²) in [5, 5.41) is 0.955. The molecule has 1 rings (SSSR count). The van der Waals surface area contributed by atoms with Crippen LogP contribution in [0.1, 0.15) is 55.4 Å². The number of thiazole rings is 1. The Balaban J connectivity index is 2.80. The van der Waals surface area contributed by atoms with Gasteiger partial charge in [0, 0.05) is 13.6 Å². The van der Waals surface area contributed by atoms with Gasteiger partial charge in [-0.2, -0.15) is 0 Å². The van der Waals surface area contributed by atoms with E-state index in [-0.39, 0.29) is 0 Å².